The van der Waals surface area contributed by atoms with Crippen LogP contribution in [0.2, 0.25) is 5.02 Å². The smallest absolute Gasteiger partial charge is 0.103 e. The fourth-order valence-corrected chi connectivity index (χ4v) is 6.29. The van der Waals surface area contributed by atoms with Crippen LogP contribution >= 0.6 is 11.6 Å². The summed E-state index contributed by atoms with van der Waals surface area (Å²) in [5, 5.41) is 24.5. The van der Waals surface area contributed by atoms with Crippen LogP contribution < -0.4 is 26.9 Å². The third kappa shape index (κ3) is 5.01. The molecule has 8 nitrogen and oxygen atoms in total. The van der Waals surface area contributed by atoms with Gasteiger partial charge < -0.3 is 21.4 Å². The van der Waals surface area contributed by atoms with Crippen LogP contribution in [0.15, 0.2) is 78.8 Å². The molecule has 1 fully saturated rings. The molecule has 0 radical (unpaired) electrons. The molecule has 212 valence electrons. The van der Waals surface area contributed by atoms with Gasteiger partial charge in [0.25, 0.3) is 0 Å². The zero-order chi connectivity index (χ0) is 28.6. The van der Waals surface area contributed by atoms with Crippen LogP contribution in [0.3, 0.4) is 0 Å². The molecule has 0 amide bonds. The largest absolute Gasteiger partial charge is 0.377 e. The highest BCUT2D eigenvalue weighted by Crippen LogP contribution is 2.39. The Morgan fingerprint density at radius 3 is 2.74 bits per heavy atom. The molecule has 42 heavy (non-hydrogen) atoms. The van der Waals surface area contributed by atoms with Crippen molar-refractivity contribution in [3.8, 4) is 6.07 Å². The van der Waals surface area contributed by atoms with Gasteiger partial charge in [-0.3, -0.25) is 9.99 Å². The number of nitrogens with one attached hydrogen (secondary N) is 5. The third-order valence-electron chi connectivity index (χ3n) is 8.38. The van der Waals surface area contributed by atoms with Crippen molar-refractivity contribution in [1.29, 1.82) is 5.26 Å². The molecule has 7 rings (SSSR count). The number of hydrogen-bond acceptors (Lipinski definition) is 8. The van der Waals surface area contributed by atoms with E-state index in [2.05, 4.69) is 92.5 Å². The molecule has 0 unspecified atom stereocenters. The molecule has 2 aliphatic heterocycles. The molecule has 1 aromatic heterocycles. The van der Waals surface area contributed by atoms with Crippen molar-refractivity contribution in [2.45, 2.75) is 57.4 Å². The lowest BCUT2D eigenvalue weighted by molar-refractivity contribution is 0.260. The fraction of sp³-hybridized carbons (Fsp3) is 0.273. The molecule has 3 heterocycles. The minimum Gasteiger partial charge on any atom is -0.377 e. The Bertz CT molecular complexity index is 1710. The number of rotatable bonds is 9. The average Bonchev–Trinajstić information content (AvgIpc) is 3.54. The van der Waals surface area contributed by atoms with Crippen LogP contribution in [0.4, 0.5) is 11.4 Å². The van der Waals surface area contributed by atoms with Gasteiger partial charge in [-0.1, -0.05) is 67.1 Å². The maximum absolute atomic E-state index is 10.1. The lowest BCUT2D eigenvalue weighted by Gasteiger charge is -2.25. The van der Waals surface area contributed by atoms with Crippen molar-refractivity contribution < 1.29 is 0 Å². The summed E-state index contributed by atoms with van der Waals surface area (Å²) in [6.45, 7) is 3.84. The van der Waals surface area contributed by atoms with Crippen LogP contribution in [0, 0.1) is 11.3 Å². The van der Waals surface area contributed by atoms with Gasteiger partial charge in [-0.25, -0.2) is 0 Å². The van der Waals surface area contributed by atoms with E-state index in [1.54, 1.807) is 6.20 Å². The van der Waals surface area contributed by atoms with Crippen LogP contribution in [0.25, 0.3) is 10.9 Å². The van der Waals surface area contributed by atoms with Gasteiger partial charge in [-0.05, 0) is 53.6 Å². The quantitative estimate of drug-likeness (QED) is 0.156. The minimum atomic E-state index is -0.152. The van der Waals surface area contributed by atoms with Gasteiger partial charge >= 0.3 is 0 Å². The zero-order valence-electron chi connectivity index (χ0n) is 23.4. The predicted octanol–water partition coefficient (Wildman–Crippen LogP) is 6.41. The van der Waals surface area contributed by atoms with Crippen LogP contribution in [-0.2, 0) is 13.1 Å². The van der Waals surface area contributed by atoms with Gasteiger partial charge in [0.15, 0.2) is 0 Å². The first-order chi connectivity index (χ1) is 20.6. The van der Waals surface area contributed by atoms with Gasteiger partial charge in [-0.2, -0.15) is 5.26 Å². The maximum atomic E-state index is 10.1. The van der Waals surface area contributed by atoms with Gasteiger partial charge in [0.1, 0.15) is 6.07 Å². The highest BCUT2D eigenvalue weighted by Gasteiger charge is 2.33. The first-order valence-electron chi connectivity index (χ1n) is 14.6. The summed E-state index contributed by atoms with van der Waals surface area (Å²) in [5.74, 6) is 0. The Morgan fingerprint density at radius 2 is 1.95 bits per heavy atom. The second-order valence-electron chi connectivity index (χ2n) is 11.2. The fourth-order valence-electron chi connectivity index (χ4n) is 6.02. The second kappa shape index (κ2) is 11.2. The molecule has 3 aromatic carbocycles. The van der Waals surface area contributed by atoms with Gasteiger partial charge in [0, 0.05) is 42.6 Å². The topological polar surface area (TPSA) is 100 Å². The van der Waals surface area contributed by atoms with Gasteiger partial charge in [0.2, 0.25) is 0 Å². The molecule has 1 aliphatic carbocycles. The molecular formula is C33H33ClN8. The maximum Gasteiger partial charge on any atom is 0.103 e. The Morgan fingerprint density at radius 1 is 1.10 bits per heavy atom. The molecule has 9 heteroatoms. The number of nitriles is 1. The molecule has 2 atom stereocenters. The number of hydrogen-bond donors (Lipinski definition) is 5. The van der Waals surface area contributed by atoms with Crippen molar-refractivity contribution in [3.05, 3.63) is 112 Å². The molecule has 0 saturated heterocycles. The average molecular weight is 577 g/mol. The van der Waals surface area contributed by atoms with Crippen LogP contribution in [0.5, 0.6) is 0 Å². The summed E-state index contributed by atoms with van der Waals surface area (Å²) >= 11 is 6.90. The van der Waals surface area contributed by atoms with Crippen LogP contribution in [0.1, 0.15) is 66.1 Å². The summed E-state index contributed by atoms with van der Waals surface area (Å²) in [7, 11) is 0. The van der Waals surface area contributed by atoms with Crippen molar-refractivity contribution in [2.24, 2.45) is 0 Å². The number of pyridine rings is 1. The van der Waals surface area contributed by atoms with Crippen molar-refractivity contribution >= 4 is 33.9 Å². The van der Waals surface area contributed by atoms with E-state index in [1.165, 1.54) is 29.5 Å². The minimum absolute atomic E-state index is 0.0266. The summed E-state index contributed by atoms with van der Waals surface area (Å²) in [6.07, 6.45) is 7.01. The second-order valence-corrected chi connectivity index (χ2v) is 11.6. The SMILES string of the molecule is CC[C@@H](Nc1c(C#N)cnc2c(Cl)cc(N[C@H](C3=CN(C4CC4)NN3)c3cccc4c3CNC4)cc12)c1ccccc1. The number of aromatic nitrogens is 1. The van der Waals surface area contributed by atoms with Gasteiger partial charge in [0.05, 0.1) is 39.6 Å². The highest BCUT2D eigenvalue weighted by molar-refractivity contribution is 6.35. The number of fused-ring (bicyclic) bond motifs is 2. The monoisotopic (exact) mass is 576 g/mol. The van der Waals surface area contributed by atoms with E-state index >= 15 is 0 Å². The first kappa shape index (κ1) is 26.6. The summed E-state index contributed by atoms with van der Waals surface area (Å²) in [5.41, 5.74) is 15.5. The van der Waals surface area contributed by atoms with Crippen LogP contribution in [-0.4, -0.2) is 16.0 Å². The van der Waals surface area contributed by atoms with E-state index in [0.29, 0.717) is 22.1 Å². The Kier molecular flexibility index (Phi) is 7.08. The molecule has 0 spiro atoms. The van der Waals surface area contributed by atoms with E-state index in [4.69, 9.17) is 11.6 Å². The number of anilines is 2. The standard InChI is InChI=1S/C33H33ClN8/c1-2-29(20-7-4-3-5-8-20)39-31-22(15-35)17-37-32-26(31)13-23(14-28(32)34)38-33(30-19-42(41-40-30)24-11-12-24)25-10-6-9-21-16-36-18-27(21)25/h3-10,13-14,17,19,24,29,33,36,38,40-41H,2,11-12,16,18H2,1H3,(H,37,39)/t29-,33+/m1/s1. The molecule has 3 aliphatic rings. The molecular weight excluding hydrogens is 544 g/mol. The van der Waals surface area contributed by atoms with E-state index in [1.807, 2.05) is 24.3 Å². The number of hydrazine groups is 2. The van der Waals surface area contributed by atoms with E-state index in [-0.39, 0.29) is 12.1 Å². The lowest BCUT2D eigenvalue weighted by Crippen LogP contribution is -2.38. The normalized spacial score (nSPS) is 17.3. The van der Waals surface area contributed by atoms with E-state index in [0.717, 1.165) is 47.5 Å². The van der Waals surface area contributed by atoms with E-state index in [9.17, 15) is 5.26 Å². The molecule has 4 aromatic rings. The Hall–Kier alpha value is -4.29. The third-order valence-corrected chi connectivity index (χ3v) is 8.67. The van der Waals surface area contributed by atoms with Crippen molar-refractivity contribution in [2.75, 3.05) is 10.6 Å². The molecule has 5 N–H and O–H groups in total. The highest BCUT2D eigenvalue weighted by atomic mass is 35.5. The number of nitrogens with zero attached hydrogens (tertiary/aromatic N) is 3. The molecule has 0 bridgehead atoms. The van der Waals surface area contributed by atoms with Gasteiger partial charge in [-0.15, -0.1) is 5.53 Å². The molecule has 1 saturated carbocycles. The summed E-state index contributed by atoms with van der Waals surface area (Å²) in [4.78, 5) is 4.59. The predicted molar refractivity (Wildman–Crippen MR) is 167 cm³/mol. The van der Waals surface area contributed by atoms with Crippen molar-refractivity contribution in [3.63, 3.8) is 0 Å². The lowest BCUT2D eigenvalue weighted by atomic mass is 9.95. The number of benzene rings is 3. The Labute approximate surface area is 250 Å². The zero-order valence-corrected chi connectivity index (χ0v) is 24.2. The van der Waals surface area contributed by atoms with Crippen molar-refractivity contribution in [1.82, 2.24) is 26.3 Å². The first-order valence-corrected chi connectivity index (χ1v) is 14.9. The number of halogens is 1. The Balaban J connectivity index is 1.31. The summed E-state index contributed by atoms with van der Waals surface area (Å²) < 4.78 is 0. The van der Waals surface area contributed by atoms with E-state index < -0.39 is 0 Å². The summed E-state index contributed by atoms with van der Waals surface area (Å²) in [6, 6.07) is 23.5.